The van der Waals surface area contributed by atoms with E-state index in [2.05, 4.69) is 0 Å². The minimum atomic E-state index is -3.86. The molecule has 0 atom stereocenters. The Kier molecular flexibility index (Phi) is 4.97. The summed E-state index contributed by atoms with van der Waals surface area (Å²) in [6.07, 6.45) is 0. The molecule has 1 aromatic rings. The smallest absolute Gasteiger partial charge is 0.305 e. The van der Waals surface area contributed by atoms with Gasteiger partial charge in [-0.05, 0) is 26.0 Å². The molecule has 0 unspecified atom stereocenters. The molecule has 18 heavy (non-hydrogen) atoms. The zero-order valence-electron chi connectivity index (χ0n) is 9.94. The highest BCUT2D eigenvalue weighted by Gasteiger charge is 2.32. The summed E-state index contributed by atoms with van der Waals surface area (Å²) in [5.74, 6) is -2.22. The number of benzene rings is 1. The normalized spacial score (nSPS) is 11.3. The van der Waals surface area contributed by atoms with Gasteiger partial charge in [-0.15, -0.1) is 0 Å². The lowest BCUT2D eigenvalue weighted by Gasteiger charge is -2.18. The Morgan fingerprint density at radius 2 is 1.83 bits per heavy atom. The average molecular weight is 275 g/mol. The molecule has 1 aromatic carbocycles. The van der Waals surface area contributed by atoms with Gasteiger partial charge in [0.2, 0.25) is 0 Å². The summed E-state index contributed by atoms with van der Waals surface area (Å²) in [5.41, 5.74) is -0.799. The standard InChI is InChI=1S/C11H12F2NO3P/c1-3-16-18(15,17-4-2)10-6-5-9(12)8(7-14)11(10)13/h5-6H,3-4H2,1-2H3. The Morgan fingerprint density at radius 3 is 2.28 bits per heavy atom. The topological polar surface area (TPSA) is 59.3 Å². The molecule has 0 N–H and O–H groups in total. The largest absolute Gasteiger partial charge is 0.364 e. The van der Waals surface area contributed by atoms with E-state index in [4.69, 9.17) is 14.3 Å². The van der Waals surface area contributed by atoms with Gasteiger partial charge in [0.15, 0.2) is 5.82 Å². The van der Waals surface area contributed by atoms with E-state index >= 15 is 0 Å². The van der Waals surface area contributed by atoms with Crippen LogP contribution in [0.3, 0.4) is 0 Å². The maximum atomic E-state index is 13.9. The van der Waals surface area contributed by atoms with E-state index in [1.165, 1.54) is 6.07 Å². The summed E-state index contributed by atoms with van der Waals surface area (Å²) in [7, 11) is -3.86. The van der Waals surface area contributed by atoms with Gasteiger partial charge >= 0.3 is 7.60 Å². The minimum absolute atomic E-state index is 0.0377. The second-order valence-electron chi connectivity index (χ2n) is 3.20. The monoisotopic (exact) mass is 275 g/mol. The molecule has 0 bridgehead atoms. The third kappa shape index (κ3) is 2.75. The second-order valence-corrected chi connectivity index (χ2v) is 5.19. The maximum absolute atomic E-state index is 13.9. The Bertz CT molecular complexity index is 518. The van der Waals surface area contributed by atoms with Crippen LogP contribution in [0.5, 0.6) is 0 Å². The molecule has 0 aliphatic rings. The number of nitriles is 1. The Hall–Kier alpha value is -1.28. The van der Waals surface area contributed by atoms with E-state index in [1.54, 1.807) is 13.8 Å². The highest BCUT2D eigenvalue weighted by Crippen LogP contribution is 2.47. The third-order valence-electron chi connectivity index (χ3n) is 2.08. The highest BCUT2D eigenvalue weighted by molar-refractivity contribution is 7.62. The van der Waals surface area contributed by atoms with Gasteiger partial charge in [-0.1, -0.05) is 0 Å². The van der Waals surface area contributed by atoms with Crippen LogP contribution < -0.4 is 5.30 Å². The van der Waals surface area contributed by atoms with Crippen molar-refractivity contribution in [1.29, 1.82) is 5.26 Å². The van der Waals surface area contributed by atoms with Crippen LogP contribution in [0.25, 0.3) is 0 Å². The van der Waals surface area contributed by atoms with E-state index in [-0.39, 0.29) is 13.2 Å². The minimum Gasteiger partial charge on any atom is -0.305 e. The molecule has 0 saturated carbocycles. The predicted molar refractivity (Wildman–Crippen MR) is 61.6 cm³/mol. The van der Waals surface area contributed by atoms with Gasteiger partial charge in [-0.2, -0.15) is 5.26 Å². The molecule has 0 fully saturated rings. The summed E-state index contributed by atoms with van der Waals surface area (Å²) in [6.45, 7) is 3.21. The Balaban J connectivity index is 3.40. The van der Waals surface area contributed by atoms with Gasteiger partial charge < -0.3 is 9.05 Å². The van der Waals surface area contributed by atoms with Crippen molar-refractivity contribution in [3.8, 4) is 6.07 Å². The molecule has 0 aromatic heterocycles. The lowest BCUT2D eigenvalue weighted by Crippen LogP contribution is -2.17. The van der Waals surface area contributed by atoms with E-state index in [9.17, 15) is 13.3 Å². The van der Waals surface area contributed by atoms with E-state index in [0.29, 0.717) is 0 Å². The molecule has 0 aliphatic heterocycles. The second kappa shape index (κ2) is 6.05. The van der Waals surface area contributed by atoms with Crippen molar-refractivity contribution in [1.82, 2.24) is 0 Å². The van der Waals surface area contributed by atoms with Crippen LogP contribution in [0.2, 0.25) is 0 Å². The summed E-state index contributed by atoms with van der Waals surface area (Å²) < 4.78 is 49.2. The molecule has 4 nitrogen and oxygen atoms in total. The predicted octanol–water partition coefficient (Wildman–Crippen LogP) is 2.73. The molecule has 0 radical (unpaired) electrons. The van der Waals surface area contributed by atoms with Crippen LogP contribution in [0.4, 0.5) is 8.78 Å². The molecule has 7 heteroatoms. The maximum Gasteiger partial charge on any atom is 0.364 e. The van der Waals surface area contributed by atoms with Crippen LogP contribution in [0.15, 0.2) is 12.1 Å². The van der Waals surface area contributed by atoms with E-state index in [0.717, 1.165) is 12.1 Å². The van der Waals surface area contributed by atoms with Crippen LogP contribution >= 0.6 is 7.60 Å². The average Bonchev–Trinajstić information content (AvgIpc) is 2.30. The van der Waals surface area contributed by atoms with Crippen LogP contribution in [-0.4, -0.2) is 13.2 Å². The summed E-state index contributed by atoms with van der Waals surface area (Å²) in [4.78, 5) is 0. The lowest BCUT2D eigenvalue weighted by atomic mass is 10.2. The zero-order chi connectivity index (χ0) is 13.8. The van der Waals surface area contributed by atoms with Gasteiger partial charge in [-0.25, -0.2) is 8.78 Å². The van der Waals surface area contributed by atoms with Crippen molar-refractivity contribution < 1.29 is 22.4 Å². The van der Waals surface area contributed by atoms with Gasteiger partial charge in [0.05, 0.1) is 13.2 Å². The first-order valence-corrected chi connectivity index (χ1v) is 6.82. The van der Waals surface area contributed by atoms with Crippen molar-refractivity contribution >= 4 is 12.9 Å². The summed E-state index contributed by atoms with van der Waals surface area (Å²) in [5, 5.41) is 8.22. The van der Waals surface area contributed by atoms with Crippen molar-refractivity contribution in [3.63, 3.8) is 0 Å². The molecule has 1 rings (SSSR count). The molecule has 0 spiro atoms. The van der Waals surface area contributed by atoms with Gasteiger partial charge in [0, 0.05) is 0 Å². The molecular formula is C11H12F2NO3P. The van der Waals surface area contributed by atoms with Crippen molar-refractivity contribution in [2.75, 3.05) is 13.2 Å². The Labute approximate surface area is 104 Å². The number of hydrogen-bond donors (Lipinski definition) is 0. The molecule has 0 saturated heterocycles. The van der Waals surface area contributed by atoms with Crippen LogP contribution in [0, 0.1) is 23.0 Å². The van der Waals surface area contributed by atoms with Gasteiger partial charge in [0.25, 0.3) is 0 Å². The molecule has 0 amide bonds. The first-order chi connectivity index (χ1) is 8.50. The molecule has 0 heterocycles. The summed E-state index contributed by atoms with van der Waals surface area (Å²) >= 11 is 0. The van der Waals surface area contributed by atoms with E-state index < -0.39 is 30.1 Å². The zero-order valence-corrected chi connectivity index (χ0v) is 10.8. The SMILES string of the molecule is CCOP(=O)(OCC)c1ccc(F)c(C#N)c1F. The quantitative estimate of drug-likeness (QED) is 0.775. The fourth-order valence-corrected chi connectivity index (χ4v) is 3.01. The highest BCUT2D eigenvalue weighted by atomic mass is 31.2. The van der Waals surface area contributed by atoms with Gasteiger partial charge in [0.1, 0.15) is 22.8 Å². The van der Waals surface area contributed by atoms with Crippen LogP contribution in [-0.2, 0) is 13.6 Å². The molecule has 98 valence electrons. The first-order valence-electron chi connectivity index (χ1n) is 5.28. The lowest BCUT2D eigenvalue weighted by molar-refractivity contribution is 0.229. The van der Waals surface area contributed by atoms with Gasteiger partial charge in [-0.3, -0.25) is 4.57 Å². The molecule has 0 aliphatic carbocycles. The van der Waals surface area contributed by atoms with Crippen molar-refractivity contribution in [2.24, 2.45) is 0 Å². The number of hydrogen-bond acceptors (Lipinski definition) is 4. The van der Waals surface area contributed by atoms with Crippen molar-refractivity contribution in [3.05, 3.63) is 29.3 Å². The summed E-state index contributed by atoms with van der Waals surface area (Å²) in [6, 6.07) is 3.21. The fraction of sp³-hybridized carbons (Fsp3) is 0.364. The van der Waals surface area contributed by atoms with E-state index in [1.807, 2.05) is 0 Å². The number of halogens is 2. The van der Waals surface area contributed by atoms with Crippen molar-refractivity contribution in [2.45, 2.75) is 13.8 Å². The van der Waals surface area contributed by atoms with Crippen LogP contribution in [0.1, 0.15) is 19.4 Å². The fourth-order valence-electron chi connectivity index (χ4n) is 1.37. The number of nitrogens with zero attached hydrogens (tertiary/aromatic N) is 1. The first kappa shape index (κ1) is 14.8. The molecular weight excluding hydrogens is 263 g/mol. The number of rotatable bonds is 5. The Morgan fingerprint density at radius 1 is 1.28 bits per heavy atom. The third-order valence-corrected chi connectivity index (χ3v) is 4.21.